The van der Waals surface area contributed by atoms with Crippen molar-refractivity contribution < 1.29 is 0 Å². The van der Waals surface area contributed by atoms with Crippen molar-refractivity contribution in [3.63, 3.8) is 0 Å². The van der Waals surface area contributed by atoms with E-state index in [1.165, 1.54) is 24.1 Å². The molecule has 6 heteroatoms. The van der Waals surface area contributed by atoms with E-state index in [1.807, 2.05) is 0 Å². The van der Waals surface area contributed by atoms with Crippen LogP contribution in [0.5, 0.6) is 0 Å². The average molecular weight is 324 g/mol. The molecule has 4 rings (SSSR count). The maximum atomic E-state index is 4.55. The lowest BCUT2D eigenvalue weighted by Crippen LogP contribution is -2.47. The largest absolute Gasteiger partial charge is 0.353 e. The third kappa shape index (κ3) is 2.92. The number of rotatable bonds is 4. The Balaban J connectivity index is 1.47. The van der Waals surface area contributed by atoms with Crippen molar-refractivity contribution in [2.75, 3.05) is 36.0 Å². The molecule has 0 atom stereocenters. The second kappa shape index (κ2) is 6.34. The van der Waals surface area contributed by atoms with Crippen molar-refractivity contribution in [2.24, 2.45) is 0 Å². The van der Waals surface area contributed by atoms with Crippen molar-refractivity contribution >= 4 is 11.6 Å². The van der Waals surface area contributed by atoms with E-state index in [2.05, 4.69) is 49.6 Å². The van der Waals surface area contributed by atoms with Gasteiger partial charge < -0.3 is 9.80 Å². The van der Waals surface area contributed by atoms with Crippen LogP contribution in [-0.4, -0.2) is 46.1 Å². The average Bonchev–Trinajstić information content (AvgIpc) is 3.47. The summed E-state index contributed by atoms with van der Waals surface area (Å²) in [5.74, 6) is 2.84. The summed E-state index contributed by atoms with van der Waals surface area (Å²) in [5.41, 5.74) is 3.57. The van der Waals surface area contributed by atoms with Gasteiger partial charge in [-0.05, 0) is 26.2 Å². The molecule has 24 heavy (non-hydrogen) atoms. The number of hydrogen-bond donors (Lipinski definition) is 0. The summed E-state index contributed by atoms with van der Waals surface area (Å²) in [6.07, 6.45) is 6.92. The molecule has 2 aliphatic rings. The van der Waals surface area contributed by atoms with Crippen LogP contribution in [0, 0.1) is 6.92 Å². The fraction of sp³-hybridized carbons (Fsp3) is 0.556. The summed E-state index contributed by atoms with van der Waals surface area (Å²) in [6, 6.07) is 2.18. The Morgan fingerprint density at radius 1 is 0.958 bits per heavy atom. The lowest BCUT2D eigenvalue weighted by atomic mass is 10.1. The molecule has 1 aliphatic carbocycles. The smallest absolute Gasteiger partial charge is 0.135 e. The zero-order chi connectivity index (χ0) is 16.5. The van der Waals surface area contributed by atoms with Crippen LogP contribution in [0.15, 0.2) is 18.7 Å². The molecule has 0 aromatic carbocycles. The van der Waals surface area contributed by atoms with Gasteiger partial charge in [-0.3, -0.25) is 0 Å². The molecule has 6 nitrogen and oxygen atoms in total. The van der Waals surface area contributed by atoms with E-state index in [0.717, 1.165) is 49.9 Å². The maximum absolute atomic E-state index is 4.55. The summed E-state index contributed by atoms with van der Waals surface area (Å²) in [7, 11) is 0. The maximum Gasteiger partial charge on any atom is 0.135 e. The van der Waals surface area contributed by atoms with Gasteiger partial charge in [-0.2, -0.15) is 0 Å². The number of anilines is 2. The lowest BCUT2D eigenvalue weighted by Gasteiger charge is -2.36. The monoisotopic (exact) mass is 324 g/mol. The molecular weight excluding hydrogens is 300 g/mol. The number of hydrogen-bond acceptors (Lipinski definition) is 6. The molecule has 1 saturated carbocycles. The quantitative estimate of drug-likeness (QED) is 0.860. The van der Waals surface area contributed by atoms with E-state index >= 15 is 0 Å². The van der Waals surface area contributed by atoms with Gasteiger partial charge >= 0.3 is 0 Å². The Labute approximate surface area is 143 Å². The molecule has 2 fully saturated rings. The lowest BCUT2D eigenvalue weighted by molar-refractivity contribution is 0.636. The highest BCUT2D eigenvalue weighted by atomic mass is 15.3. The molecule has 1 aliphatic heterocycles. The van der Waals surface area contributed by atoms with Crippen LogP contribution in [0.3, 0.4) is 0 Å². The molecular formula is C18H24N6. The van der Waals surface area contributed by atoms with Gasteiger partial charge in [-0.1, -0.05) is 6.92 Å². The Morgan fingerprint density at radius 3 is 2.38 bits per heavy atom. The molecule has 126 valence electrons. The van der Waals surface area contributed by atoms with Gasteiger partial charge in [-0.15, -0.1) is 0 Å². The Bertz CT molecular complexity index is 719. The third-order valence-electron chi connectivity index (χ3n) is 5.06. The van der Waals surface area contributed by atoms with Crippen LogP contribution in [0.1, 0.15) is 42.6 Å². The highest BCUT2D eigenvalue weighted by Gasteiger charge is 2.27. The second-order valence-corrected chi connectivity index (χ2v) is 6.66. The SMILES string of the molecule is CCc1c(C)ncnc1N1CCN(c2cc(C3CC3)ncn2)CC1. The van der Waals surface area contributed by atoms with Crippen molar-refractivity contribution in [3.05, 3.63) is 35.7 Å². The first-order valence-corrected chi connectivity index (χ1v) is 8.88. The first-order chi connectivity index (χ1) is 11.8. The molecule has 1 saturated heterocycles. The molecule has 0 spiro atoms. The highest BCUT2D eigenvalue weighted by Crippen LogP contribution is 2.39. The minimum absolute atomic E-state index is 0.671. The van der Waals surface area contributed by atoms with Crippen LogP contribution < -0.4 is 9.80 Å². The normalized spacial score (nSPS) is 18.1. The minimum Gasteiger partial charge on any atom is -0.353 e. The summed E-state index contributed by atoms with van der Waals surface area (Å²) < 4.78 is 0. The van der Waals surface area contributed by atoms with Crippen molar-refractivity contribution in [1.29, 1.82) is 0 Å². The van der Waals surface area contributed by atoms with Crippen LogP contribution in [-0.2, 0) is 6.42 Å². The summed E-state index contributed by atoms with van der Waals surface area (Å²) in [4.78, 5) is 22.5. The molecule has 0 amide bonds. The standard InChI is InChI=1S/C18H24N6/c1-3-15-13(2)19-11-22-18(15)24-8-6-23(7-9-24)17-10-16(14-4-5-14)20-12-21-17/h10-12,14H,3-9H2,1-2H3. The van der Waals surface area contributed by atoms with Crippen LogP contribution in [0.2, 0.25) is 0 Å². The van der Waals surface area contributed by atoms with Crippen LogP contribution in [0.4, 0.5) is 11.6 Å². The van der Waals surface area contributed by atoms with Gasteiger partial charge in [0, 0.05) is 55.1 Å². The Kier molecular flexibility index (Phi) is 4.04. The van der Waals surface area contributed by atoms with Crippen molar-refractivity contribution in [1.82, 2.24) is 19.9 Å². The number of nitrogens with zero attached hydrogens (tertiary/aromatic N) is 6. The van der Waals surface area contributed by atoms with Gasteiger partial charge in [0.05, 0.1) is 0 Å². The van der Waals surface area contributed by atoms with Crippen molar-refractivity contribution in [3.8, 4) is 0 Å². The van der Waals surface area contributed by atoms with E-state index in [9.17, 15) is 0 Å². The van der Waals surface area contributed by atoms with Crippen LogP contribution in [0.25, 0.3) is 0 Å². The molecule has 0 unspecified atom stereocenters. The van der Waals surface area contributed by atoms with Gasteiger partial charge in [0.1, 0.15) is 24.3 Å². The topological polar surface area (TPSA) is 58.0 Å². The summed E-state index contributed by atoms with van der Waals surface area (Å²) in [6.45, 7) is 8.10. The molecule has 2 aromatic rings. The highest BCUT2D eigenvalue weighted by molar-refractivity contribution is 5.51. The zero-order valence-corrected chi connectivity index (χ0v) is 14.4. The van der Waals surface area contributed by atoms with Gasteiger partial charge in [0.25, 0.3) is 0 Å². The van der Waals surface area contributed by atoms with Crippen molar-refractivity contribution in [2.45, 2.75) is 39.0 Å². The predicted octanol–water partition coefficient (Wildman–Crippen LogP) is 2.34. The van der Waals surface area contributed by atoms with E-state index < -0.39 is 0 Å². The second-order valence-electron chi connectivity index (χ2n) is 6.66. The molecule has 2 aromatic heterocycles. The Morgan fingerprint density at radius 2 is 1.67 bits per heavy atom. The first-order valence-electron chi connectivity index (χ1n) is 8.88. The van der Waals surface area contributed by atoms with Gasteiger partial charge in [0.15, 0.2) is 0 Å². The van der Waals surface area contributed by atoms with E-state index in [0.29, 0.717) is 5.92 Å². The number of piperazine rings is 1. The third-order valence-corrected chi connectivity index (χ3v) is 5.06. The number of aryl methyl sites for hydroxylation is 1. The number of aromatic nitrogens is 4. The minimum atomic E-state index is 0.671. The summed E-state index contributed by atoms with van der Waals surface area (Å²) >= 11 is 0. The molecule has 0 bridgehead atoms. The Hall–Kier alpha value is -2.24. The van der Waals surface area contributed by atoms with E-state index in [-0.39, 0.29) is 0 Å². The molecule has 0 radical (unpaired) electrons. The van der Waals surface area contributed by atoms with E-state index in [1.54, 1.807) is 12.7 Å². The summed E-state index contributed by atoms with van der Waals surface area (Å²) in [5, 5.41) is 0. The van der Waals surface area contributed by atoms with Gasteiger partial charge in [-0.25, -0.2) is 19.9 Å². The first kappa shape index (κ1) is 15.3. The predicted molar refractivity (Wildman–Crippen MR) is 94.6 cm³/mol. The zero-order valence-electron chi connectivity index (χ0n) is 14.4. The van der Waals surface area contributed by atoms with Crippen LogP contribution >= 0.6 is 0 Å². The molecule has 3 heterocycles. The van der Waals surface area contributed by atoms with E-state index in [4.69, 9.17) is 0 Å². The fourth-order valence-electron chi connectivity index (χ4n) is 3.46. The fourth-order valence-corrected chi connectivity index (χ4v) is 3.46. The van der Waals surface area contributed by atoms with Gasteiger partial charge in [0.2, 0.25) is 0 Å². The molecule has 0 N–H and O–H groups in total.